The molecular formula is C20H22N4O3S. The number of carbonyl (C=O) groups excluding carboxylic acids is 2. The average molecular weight is 398 g/mol. The lowest BCUT2D eigenvalue weighted by Crippen LogP contribution is -2.34. The van der Waals surface area contributed by atoms with Crippen molar-refractivity contribution < 1.29 is 14.3 Å². The van der Waals surface area contributed by atoms with E-state index in [1.165, 1.54) is 11.3 Å². The SMILES string of the molecule is COc1ccc([C@H](NC(=O)CCNC(=O)c2ccsc2)c2nccn2C)cc1. The maximum atomic E-state index is 12.5. The van der Waals surface area contributed by atoms with E-state index in [-0.39, 0.29) is 24.8 Å². The van der Waals surface area contributed by atoms with Crippen LogP contribution in [0, 0.1) is 0 Å². The minimum absolute atomic E-state index is 0.172. The van der Waals surface area contributed by atoms with Gasteiger partial charge in [0.15, 0.2) is 0 Å². The fourth-order valence-electron chi connectivity index (χ4n) is 2.77. The van der Waals surface area contributed by atoms with E-state index in [9.17, 15) is 9.59 Å². The summed E-state index contributed by atoms with van der Waals surface area (Å²) >= 11 is 1.46. The first-order chi connectivity index (χ1) is 13.6. The second-order valence-electron chi connectivity index (χ2n) is 6.19. The van der Waals surface area contributed by atoms with E-state index in [1.807, 2.05) is 47.5 Å². The van der Waals surface area contributed by atoms with Crippen molar-refractivity contribution in [2.24, 2.45) is 7.05 Å². The molecule has 0 saturated heterocycles. The molecule has 3 aromatic rings. The van der Waals surface area contributed by atoms with Crippen molar-refractivity contribution in [3.8, 4) is 5.75 Å². The molecule has 28 heavy (non-hydrogen) atoms. The molecule has 2 heterocycles. The molecule has 0 radical (unpaired) electrons. The van der Waals surface area contributed by atoms with Gasteiger partial charge in [-0.25, -0.2) is 4.98 Å². The lowest BCUT2D eigenvalue weighted by atomic mass is 10.1. The highest BCUT2D eigenvalue weighted by molar-refractivity contribution is 7.08. The summed E-state index contributed by atoms with van der Waals surface area (Å²) in [5.41, 5.74) is 1.50. The quantitative estimate of drug-likeness (QED) is 0.611. The Balaban J connectivity index is 1.64. The number of ether oxygens (including phenoxy) is 1. The zero-order valence-electron chi connectivity index (χ0n) is 15.7. The molecule has 0 unspecified atom stereocenters. The molecule has 2 aromatic heterocycles. The van der Waals surface area contributed by atoms with Gasteiger partial charge in [0.2, 0.25) is 5.91 Å². The van der Waals surface area contributed by atoms with Gasteiger partial charge in [-0.1, -0.05) is 12.1 Å². The Bertz CT molecular complexity index is 919. The highest BCUT2D eigenvalue weighted by Gasteiger charge is 2.21. The molecular weight excluding hydrogens is 376 g/mol. The van der Waals surface area contributed by atoms with Crippen molar-refractivity contribution in [1.29, 1.82) is 0 Å². The molecule has 8 heteroatoms. The summed E-state index contributed by atoms with van der Waals surface area (Å²) in [5.74, 6) is 1.12. The molecule has 1 atom stereocenters. The van der Waals surface area contributed by atoms with Crippen LogP contribution in [0.15, 0.2) is 53.5 Å². The maximum absolute atomic E-state index is 12.5. The molecule has 0 fully saturated rings. The molecule has 0 aliphatic rings. The Morgan fingerprint density at radius 2 is 2.04 bits per heavy atom. The summed E-state index contributed by atoms with van der Waals surface area (Å²) in [7, 11) is 3.49. The topological polar surface area (TPSA) is 85.2 Å². The fourth-order valence-corrected chi connectivity index (χ4v) is 3.40. The van der Waals surface area contributed by atoms with Crippen LogP contribution in [0.4, 0.5) is 0 Å². The summed E-state index contributed by atoms with van der Waals surface area (Å²) in [4.78, 5) is 28.8. The third-order valence-electron chi connectivity index (χ3n) is 4.29. The number of hydrogen-bond acceptors (Lipinski definition) is 5. The van der Waals surface area contributed by atoms with E-state index in [0.29, 0.717) is 5.56 Å². The third kappa shape index (κ3) is 4.77. The number of benzene rings is 1. The standard InChI is InChI=1S/C20H22N4O3S/c1-24-11-10-21-19(24)18(14-3-5-16(27-2)6-4-14)23-17(25)7-9-22-20(26)15-8-12-28-13-15/h3-6,8,10-13,18H,7,9H2,1-2H3,(H,22,26)(H,23,25)/t18-/m0/s1. The molecule has 3 rings (SSSR count). The van der Waals surface area contributed by atoms with Crippen molar-refractivity contribution in [2.75, 3.05) is 13.7 Å². The molecule has 2 N–H and O–H groups in total. The van der Waals surface area contributed by atoms with Gasteiger partial charge < -0.3 is 19.9 Å². The van der Waals surface area contributed by atoms with Crippen LogP contribution in [0.2, 0.25) is 0 Å². The first-order valence-electron chi connectivity index (χ1n) is 8.79. The Hall–Kier alpha value is -3.13. The van der Waals surface area contributed by atoms with Crippen LogP contribution in [0.1, 0.15) is 34.2 Å². The van der Waals surface area contributed by atoms with Crippen LogP contribution in [0.3, 0.4) is 0 Å². The van der Waals surface area contributed by atoms with Gasteiger partial charge in [-0.05, 0) is 29.1 Å². The molecule has 0 aliphatic carbocycles. The fraction of sp³-hybridized carbons (Fsp3) is 0.250. The zero-order valence-corrected chi connectivity index (χ0v) is 16.5. The first kappa shape index (κ1) is 19.6. The molecule has 0 saturated carbocycles. The summed E-state index contributed by atoms with van der Waals surface area (Å²) in [6.45, 7) is 0.260. The second-order valence-corrected chi connectivity index (χ2v) is 6.97. The minimum atomic E-state index is -0.397. The Morgan fingerprint density at radius 3 is 2.64 bits per heavy atom. The first-order valence-corrected chi connectivity index (χ1v) is 9.73. The highest BCUT2D eigenvalue weighted by atomic mass is 32.1. The van der Waals surface area contributed by atoms with Gasteiger partial charge in [0, 0.05) is 43.4 Å². The van der Waals surface area contributed by atoms with Crippen LogP contribution < -0.4 is 15.4 Å². The van der Waals surface area contributed by atoms with E-state index >= 15 is 0 Å². The van der Waals surface area contributed by atoms with Gasteiger partial charge in [-0.3, -0.25) is 9.59 Å². The number of rotatable bonds is 8. The van der Waals surface area contributed by atoms with Crippen molar-refractivity contribution in [2.45, 2.75) is 12.5 Å². The normalized spacial score (nSPS) is 11.6. The Morgan fingerprint density at radius 1 is 1.25 bits per heavy atom. The highest BCUT2D eigenvalue weighted by Crippen LogP contribution is 2.23. The van der Waals surface area contributed by atoms with Crippen molar-refractivity contribution in [3.05, 3.63) is 70.4 Å². The lowest BCUT2D eigenvalue weighted by molar-refractivity contribution is -0.121. The van der Waals surface area contributed by atoms with Crippen LogP contribution in [-0.4, -0.2) is 35.0 Å². The smallest absolute Gasteiger partial charge is 0.252 e. The van der Waals surface area contributed by atoms with Gasteiger partial charge in [0.1, 0.15) is 17.6 Å². The second kappa shape index (κ2) is 9.18. The van der Waals surface area contributed by atoms with E-state index in [0.717, 1.165) is 17.1 Å². The summed E-state index contributed by atoms with van der Waals surface area (Å²) in [5, 5.41) is 9.39. The number of methoxy groups -OCH3 is 1. The predicted molar refractivity (Wildman–Crippen MR) is 107 cm³/mol. The van der Waals surface area contributed by atoms with Crippen LogP contribution in [-0.2, 0) is 11.8 Å². The molecule has 0 aliphatic heterocycles. The number of thiophene rings is 1. The van der Waals surface area contributed by atoms with E-state index in [1.54, 1.807) is 24.8 Å². The van der Waals surface area contributed by atoms with Crippen LogP contribution in [0.25, 0.3) is 0 Å². The number of aromatic nitrogens is 2. The zero-order chi connectivity index (χ0) is 19.9. The number of aryl methyl sites for hydroxylation is 1. The summed E-state index contributed by atoms with van der Waals surface area (Å²) in [6.07, 6.45) is 3.70. The molecule has 7 nitrogen and oxygen atoms in total. The summed E-state index contributed by atoms with van der Waals surface area (Å²) in [6, 6.07) is 8.84. The van der Waals surface area contributed by atoms with Gasteiger partial charge in [0.05, 0.1) is 7.11 Å². The number of imidazole rings is 1. The summed E-state index contributed by atoms with van der Waals surface area (Å²) < 4.78 is 7.07. The maximum Gasteiger partial charge on any atom is 0.252 e. The monoisotopic (exact) mass is 398 g/mol. The number of hydrogen-bond donors (Lipinski definition) is 2. The molecule has 2 amide bonds. The van der Waals surface area contributed by atoms with Crippen molar-refractivity contribution in [1.82, 2.24) is 20.2 Å². The van der Waals surface area contributed by atoms with Crippen LogP contribution >= 0.6 is 11.3 Å². The predicted octanol–water partition coefficient (Wildman–Crippen LogP) is 2.52. The van der Waals surface area contributed by atoms with Gasteiger partial charge in [-0.15, -0.1) is 0 Å². The van der Waals surface area contributed by atoms with Crippen molar-refractivity contribution >= 4 is 23.2 Å². The number of nitrogens with zero attached hydrogens (tertiary/aromatic N) is 2. The molecule has 1 aromatic carbocycles. The van der Waals surface area contributed by atoms with Crippen molar-refractivity contribution in [3.63, 3.8) is 0 Å². The Kier molecular flexibility index (Phi) is 6.44. The van der Waals surface area contributed by atoms with E-state index < -0.39 is 6.04 Å². The van der Waals surface area contributed by atoms with E-state index in [4.69, 9.17) is 4.74 Å². The van der Waals surface area contributed by atoms with Crippen LogP contribution in [0.5, 0.6) is 5.75 Å². The molecule has 0 bridgehead atoms. The minimum Gasteiger partial charge on any atom is -0.497 e. The van der Waals surface area contributed by atoms with E-state index in [2.05, 4.69) is 15.6 Å². The lowest BCUT2D eigenvalue weighted by Gasteiger charge is -2.19. The number of nitrogens with one attached hydrogen (secondary N) is 2. The largest absolute Gasteiger partial charge is 0.497 e. The molecule has 0 spiro atoms. The number of amides is 2. The molecule has 146 valence electrons. The average Bonchev–Trinajstić information content (AvgIpc) is 3.38. The third-order valence-corrected chi connectivity index (χ3v) is 4.98. The Labute approximate surface area is 167 Å². The van der Waals surface area contributed by atoms with Gasteiger partial charge >= 0.3 is 0 Å². The van der Waals surface area contributed by atoms with Gasteiger partial charge in [-0.2, -0.15) is 11.3 Å². The van der Waals surface area contributed by atoms with Gasteiger partial charge in [0.25, 0.3) is 5.91 Å². The number of carbonyl (C=O) groups is 2.